The molecule has 1 aromatic rings. The number of nitrogen functional groups attached to an aromatic ring is 1. The maximum atomic E-state index is 5.30. The van der Waals surface area contributed by atoms with Gasteiger partial charge in [-0.25, -0.2) is 0 Å². The topological polar surface area (TPSA) is 50.1 Å². The van der Waals surface area contributed by atoms with E-state index in [2.05, 4.69) is 10.6 Å². The number of anilines is 1. The fourth-order valence-electron chi connectivity index (χ4n) is 0.895. The van der Waals surface area contributed by atoms with Gasteiger partial charge in [-0.1, -0.05) is 0 Å². The van der Waals surface area contributed by atoms with Crippen LogP contribution in [0.3, 0.4) is 0 Å². The van der Waals surface area contributed by atoms with Gasteiger partial charge in [0.25, 0.3) is 0 Å². The fraction of sp³-hybridized carbons (Fsp3) is 0.500. The van der Waals surface area contributed by atoms with Crippen LogP contribution in [0.2, 0.25) is 0 Å². The summed E-state index contributed by atoms with van der Waals surface area (Å²) in [5.41, 5.74) is 5.30. The van der Waals surface area contributed by atoms with E-state index >= 15 is 0 Å². The Bertz CT molecular complexity index is 171. The second-order valence-corrected chi connectivity index (χ2v) is 3.49. The molecule has 0 spiro atoms. The number of thiophene rings is 1. The standard InChI is InChI=1S/C4H10N2.C4H5NS/c1-2-6-4-3-5-1;5-4-2-1-3-6-4/h5-6H,1-4H2;1-3H,5H2. The second kappa shape index (κ2) is 5.99. The zero-order valence-electron chi connectivity index (χ0n) is 7.05. The van der Waals surface area contributed by atoms with Crippen LogP contribution in [0.1, 0.15) is 0 Å². The highest BCUT2D eigenvalue weighted by atomic mass is 32.1. The number of hydrogen-bond donors (Lipinski definition) is 3. The van der Waals surface area contributed by atoms with Gasteiger partial charge in [0.05, 0.1) is 5.00 Å². The number of nitrogens with two attached hydrogens (primary N) is 1. The first-order valence-corrected chi connectivity index (χ1v) is 4.98. The first kappa shape index (κ1) is 9.51. The maximum Gasteiger partial charge on any atom is 0.0856 e. The van der Waals surface area contributed by atoms with Gasteiger partial charge >= 0.3 is 0 Å². The minimum Gasteiger partial charge on any atom is -0.391 e. The normalized spacial score (nSPS) is 16.3. The van der Waals surface area contributed by atoms with E-state index in [0.717, 1.165) is 31.2 Å². The smallest absolute Gasteiger partial charge is 0.0856 e. The Kier molecular flexibility index (Phi) is 4.75. The Morgan fingerprint density at radius 3 is 1.92 bits per heavy atom. The summed E-state index contributed by atoms with van der Waals surface area (Å²) < 4.78 is 0. The van der Waals surface area contributed by atoms with Crippen LogP contribution in [0.5, 0.6) is 0 Å². The largest absolute Gasteiger partial charge is 0.391 e. The summed E-state index contributed by atoms with van der Waals surface area (Å²) >= 11 is 1.56. The molecule has 0 saturated carbocycles. The van der Waals surface area contributed by atoms with Crippen molar-refractivity contribution in [2.45, 2.75) is 0 Å². The quantitative estimate of drug-likeness (QED) is 0.552. The highest BCUT2D eigenvalue weighted by Crippen LogP contribution is 2.07. The average molecular weight is 185 g/mol. The SMILES string of the molecule is C1CNCCN1.Nc1cccs1. The third kappa shape index (κ3) is 4.33. The molecule has 4 N–H and O–H groups in total. The number of nitrogens with one attached hydrogen (secondary N) is 2. The van der Waals surface area contributed by atoms with Crippen LogP contribution in [-0.2, 0) is 0 Å². The van der Waals surface area contributed by atoms with Crippen molar-refractivity contribution >= 4 is 16.3 Å². The number of hydrogen-bond acceptors (Lipinski definition) is 4. The van der Waals surface area contributed by atoms with Crippen molar-refractivity contribution < 1.29 is 0 Å². The van der Waals surface area contributed by atoms with Gasteiger partial charge in [-0.3, -0.25) is 0 Å². The van der Waals surface area contributed by atoms with Gasteiger partial charge in [0, 0.05) is 26.2 Å². The summed E-state index contributed by atoms with van der Waals surface area (Å²) in [6.45, 7) is 4.56. The molecule has 1 aromatic heterocycles. The molecule has 1 fully saturated rings. The third-order valence-electron chi connectivity index (χ3n) is 1.50. The lowest BCUT2D eigenvalue weighted by atomic mass is 10.4. The van der Waals surface area contributed by atoms with Crippen molar-refractivity contribution in [1.29, 1.82) is 0 Å². The molecule has 3 nitrogen and oxygen atoms in total. The zero-order chi connectivity index (χ0) is 8.65. The molecule has 0 radical (unpaired) electrons. The third-order valence-corrected chi connectivity index (χ3v) is 2.20. The van der Waals surface area contributed by atoms with Gasteiger partial charge in [0.1, 0.15) is 0 Å². The average Bonchev–Trinajstić information content (AvgIpc) is 2.60. The van der Waals surface area contributed by atoms with Crippen molar-refractivity contribution in [2.24, 2.45) is 0 Å². The number of rotatable bonds is 0. The Balaban J connectivity index is 0.000000120. The first-order chi connectivity index (χ1) is 5.89. The molecule has 1 saturated heterocycles. The molecule has 0 unspecified atom stereocenters. The van der Waals surface area contributed by atoms with Crippen LogP contribution in [-0.4, -0.2) is 26.2 Å². The lowest BCUT2D eigenvalue weighted by Gasteiger charge is -2.11. The summed E-state index contributed by atoms with van der Waals surface area (Å²) in [6.07, 6.45) is 0. The van der Waals surface area contributed by atoms with Gasteiger partial charge < -0.3 is 16.4 Å². The van der Waals surface area contributed by atoms with E-state index in [-0.39, 0.29) is 0 Å². The summed E-state index contributed by atoms with van der Waals surface area (Å²) in [4.78, 5) is 0. The lowest BCUT2D eigenvalue weighted by molar-refractivity contribution is 0.534. The Labute approximate surface area is 77.0 Å². The minimum absolute atomic E-state index is 0.884. The van der Waals surface area contributed by atoms with E-state index in [1.54, 1.807) is 11.3 Å². The van der Waals surface area contributed by atoms with E-state index in [9.17, 15) is 0 Å². The monoisotopic (exact) mass is 185 g/mol. The molecule has 4 heteroatoms. The van der Waals surface area contributed by atoms with Gasteiger partial charge in [-0.05, 0) is 17.5 Å². The minimum atomic E-state index is 0.884. The number of piperazine rings is 1. The maximum absolute atomic E-state index is 5.30. The molecule has 1 aliphatic heterocycles. The molecule has 12 heavy (non-hydrogen) atoms. The molecular weight excluding hydrogens is 170 g/mol. The van der Waals surface area contributed by atoms with Crippen molar-refractivity contribution in [2.75, 3.05) is 31.9 Å². The highest BCUT2D eigenvalue weighted by Gasteiger charge is 1.91. The molecule has 2 heterocycles. The fourth-order valence-corrected chi connectivity index (χ4v) is 1.37. The van der Waals surface area contributed by atoms with E-state index in [0.29, 0.717) is 0 Å². The van der Waals surface area contributed by atoms with Crippen LogP contribution in [0.4, 0.5) is 5.00 Å². The van der Waals surface area contributed by atoms with Crippen molar-refractivity contribution in [3.05, 3.63) is 17.5 Å². The summed E-state index contributed by atoms with van der Waals surface area (Å²) in [5.74, 6) is 0. The van der Waals surface area contributed by atoms with Crippen LogP contribution >= 0.6 is 11.3 Å². The summed E-state index contributed by atoms with van der Waals surface area (Å²) in [7, 11) is 0. The molecular formula is C8H15N3S. The molecule has 68 valence electrons. The first-order valence-electron chi connectivity index (χ1n) is 4.10. The second-order valence-electron chi connectivity index (χ2n) is 2.52. The van der Waals surface area contributed by atoms with Crippen molar-refractivity contribution in [1.82, 2.24) is 10.6 Å². The molecule has 2 rings (SSSR count). The molecule has 1 aliphatic rings. The van der Waals surface area contributed by atoms with Crippen molar-refractivity contribution in [3.8, 4) is 0 Å². The molecule has 0 amide bonds. The van der Waals surface area contributed by atoms with Gasteiger partial charge in [0.15, 0.2) is 0 Å². The summed E-state index contributed by atoms with van der Waals surface area (Å²) in [5, 5.41) is 9.28. The Morgan fingerprint density at radius 2 is 1.75 bits per heavy atom. The van der Waals surface area contributed by atoms with Crippen LogP contribution in [0.15, 0.2) is 17.5 Å². The predicted molar refractivity (Wildman–Crippen MR) is 54.5 cm³/mol. The zero-order valence-corrected chi connectivity index (χ0v) is 7.86. The molecule has 0 atom stereocenters. The Morgan fingerprint density at radius 1 is 1.17 bits per heavy atom. The van der Waals surface area contributed by atoms with E-state index in [1.807, 2.05) is 17.5 Å². The molecule has 0 aromatic carbocycles. The molecule has 0 aliphatic carbocycles. The highest BCUT2D eigenvalue weighted by molar-refractivity contribution is 7.13. The Hall–Kier alpha value is -0.580. The summed E-state index contributed by atoms with van der Waals surface area (Å²) in [6, 6.07) is 3.81. The van der Waals surface area contributed by atoms with Crippen LogP contribution in [0.25, 0.3) is 0 Å². The van der Waals surface area contributed by atoms with E-state index in [4.69, 9.17) is 5.73 Å². The van der Waals surface area contributed by atoms with Gasteiger partial charge in [0.2, 0.25) is 0 Å². The van der Waals surface area contributed by atoms with Gasteiger partial charge in [-0.15, -0.1) is 11.3 Å². The van der Waals surface area contributed by atoms with Crippen LogP contribution < -0.4 is 16.4 Å². The van der Waals surface area contributed by atoms with Crippen molar-refractivity contribution in [3.63, 3.8) is 0 Å². The van der Waals surface area contributed by atoms with E-state index < -0.39 is 0 Å². The van der Waals surface area contributed by atoms with E-state index in [1.165, 1.54) is 0 Å². The van der Waals surface area contributed by atoms with Gasteiger partial charge in [-0.2, -0.15) is 0 Å². The lowest BCUT2D eigenvalue weighted by Crippen LogP contribution is -2.39. The van der Waals surface area contributed by atoms with Crippen LogP contribution in [0, 0.1) is 0 Å². The predicted octanol–water partition coefficient (Wildman–Crippen LogP) is 0.510. The molecule has 0 bridgehead atoms.